The maximum Gasteiger partial charge on any atom is 0.0924 e. The highest BCUT2D eigenvalue weighted by Gasteiger charge is 2.17. The summed E-state index contributed by atoms with van der Waals surface area (Å²) in [6.07, 6.45) is 6.48. The van der Waals surface area contributed by atoms with E-state index in [9.17, 15) is 0 Å². The molecule has 2 heterocycles. The Hall–Kier alpha value is -0.520. The van der Waals surface area contributed by atoms with E-state index in [0.29, 0.717) is 12.1 Å². The molecule has 0 bridgehead atoms. The molecule has 2 rings (SSSR count). The van der Waals surface area contributed by atoms with E-state index in [1.54, 1.807) is 0 Å². The van der Waals surface area contributed by atoms with Gasteiger partial charge in [0.2, 0.25) is 0 Å². The topological polar surface area (TPSA) is 47.0 Å². The van der Waals surface area contributed by atoms with Crippen LogP contribution in [0.5, 0.6) is 0 Å². The first kappa shape index (κ1) is 12.9. The molecule has 5 heteroatoms. The first-order valence-electron chi connectivity index (χ1n) is 6.52. The van der Waals surface area contributed by atoms with Crippen LogP contribution in [0.2, 0.25) is 0 Å². The van der Waals surface area contributed by atoms with Crippen LogP contribution in [-0.4, -0.2) is 28.8 Å². The lowest BCUT2D eigenvalue weighted by molar-refractivity contribution is 0.101. The average molecular weight is 255 g/mol. The summed E-state index contributed by atoms with van der Waals surface area (Å²) in [6.45, 7) is 4.06. The maximum absolute atomic E-state index is 5.64. The Labute approximate surface area is 107 Å². The Morgan fingerprint density at radius 2 is 2.59 bits per heavy atom. The summed E-state index contributed by atoms with van der Waals surface area (Å²) < 4.78 is 9.58. The van der Waals surface area contributed by atoms with Gasteiger partial charge in [-0.05, 0) is 50.2 Å². The second-order valence-corrected chi connectivity index (χ2v) is 5.12. The van der Waals surface area contributed by atoms with Crippen molar-refractivity contribution in [2.45, 2.75) is 51.2 Å². The molecular formula is C12H21N3OS. The Balaban J connectivity index is 1.73. The molecule has 0 spiro atoms. The fraction of sp³-hybridized carbons (Fsp3) is 0.833. The highest BCUT2D eigenvalue weighted by Crippen LogP contribution is 2.22. The van der Waals surface area contributed by atoms with Crippen LogP contribution in [0.1, 0.15) is 50.8 Å². The summed E-state index contributed by atoms with van der Waals surface area (Å²) in [5, 5.41) is 9.68. The molecular weight excluding hydrogens is 234 g/mol. The average Bonchev–Trinajstić information content (AvgIpc) is 3.01. The molecule has 1 aliphatic heterocycles. The van der Waals surface area contributed by atoms with E-state index < -0.39 is 0 Å². The van der Waals surface area contributed by atoms with Crippen molar-refractivity contribution in [3.05, 3.63) is 11.1 Å². The highest BCUT2D eigenvalue weighted by molar-refractivity contribution is 7.03. The molecule has 2 unspecified atom stereocenters. The van der Waals surface area contributed by atoms with E-state index in [1.165, 1.54) is 37.2 Å². The Bertz CT molecular complexity index is 299. The quantitative estimate of drug-likeness (QED) is 0.813. The third-order valence-corrected chi connectivity index (χ3v) is 3.75. The minimum atomic E-state index is 0.361. The lowest BCUT2D eigenvalue weighted by Crippen LogP contribution is -2.21. The zero-order valence-electron chi connectivity index (χ0n) is 10.4. The van der Waals surface area contributed by atoms with Crippen molar-refractivity contribution in [3.8, 4) is 0 Å². The van der Waals surface area contributed by atoms with Crippen LogP contribution in [0, 0.1) is 0 Å². The lowest BCUT2D eigenvalue weighted by Gasteiger charge is -2.16. The van der Waals surface area contributed by atoms with Crippen LogP contribution < -0.4 is 5.32 Å². The first-order chi connectivity index (χ1) is 8.40. The highest BCUT2D eigenvalue weighted by atomic mass is 32.1. The van der Waals surface area contributed by atoms with Gasteiger partial charge >= 0.3 is 0 Å². The predicted octanol–water partition coefficient (Wildman–Crippen LogP) is 2.54. The van der Waals surface area contributed by atoms with Gasteiger partial charge in [0.15, 0.2) is 0 Å². The fourth-order valence-electron chi connectivity index (χ4n) is 2.35. The molecule has 2 atom stereocenters. The van der Waals surface area contributed by atoms with Gasteiger partial charge in [-0.25, -0.2) is 0 Å². The van der Waals surface area contributed by atoms with E-state index in [0.717, 1.165) is 25.3 Å². The largest absolute Gasteiger partial charge is 0.378 e. The van der Waals surface area contributed by atoms with E-state index in [2.05, 4.69) is 21.8 Å². The Kier molecular flexibility index (Phi) is 5.35. The molecule has 0 radical (unpaired) electrons. The number of hydrogen-bond acceptors (Lipinski definition) is 5. The Morgan fingerprint density at radius 3 is 3.24 bits per heavy atom. The summed E-state index contributed by atoms with van der Waals surface area (Å²) in [6, 6.07) is 0.361. The van der Waals surface area contributed by atoms with Crippen LogP contribution in [0.4, 0.5) is 0 Å². The molecule has 0 amide bonds. The fourth-order valence-corrected chi connectivity index (χ4v) is 2.85. The molecule has 4 nitrogen and oxygen atoms in total. The number of nitrogens with one attached hydrogen (secondary N) is 1. The maximum atomic E-state index is 5.64. The number of aromatic nitrogens is 2. The van der Waals surface area contributed by atoms with Crippen LogP contribution in [0.3, 0.4) is 0 Å². The second kappa shape index (κ2) is 7.03. The minimum absolute atomic E-state index is 0.361. The third-order valence-electron chi connectivity index (χ3n) is 3.23. The number of rotatable bonds is 7. The molecule has 96 valence electrons. The normalized spacial score (nSPS) is 21.8. The van der Waals surface area contributed by atoms with E-state index in [-0.39, 0.29) is 0 Å². The SMILES string of the molecule is CCNC(CCCC1CCCO1)c1csnn1. The van der Waals surface area contributed by atoms with Crippen molar-refractivity contribution < 1.29 is 4.74 Å². The van der Waals surface area contributed by atoms with Gasteiger partial charge in [0, 0.05) is 12.0 Å². The molecule has 0 saturated carbocycles. The van der Waals surface area contributed by atoms with Crippen molar-refractivity contribution in [1.29, 1.82) is 0 Å². The first-order valence-corrected chi connectivity index (χ1v) is 7.35. The van der Waals surface area contributed by atoms with Crippen molar-refractivity contribution in [2.75, 3.05) is 13.2 Å². The van der Waals surface area contributed by atoms with E-state index in [4.69, 9.17) is 4.74 Å². The summed E-state index contributed by atoms with van der Waals surface area (Å²) in [7, 11) is 0. The molecule has 1 fully saturated rings. The molecule has 0 aromatic carbocycles. The minimum Gasteiger partial charge on any atom is -0.378 e. The zero-order chi connectivity index (χ0) is 11.9. The summed E-state index contributed by atoms with van der Waals surface area (Å²) in [5.74, 6) is 0. The smallest absolute Gasteiger partial charge is 0.0924 e. The predicted molar refractivity (Wildman–Crippen MR) is 69.2 cm³/mol. The van der Waals surface area contributed by atoms with Crippen molar-refractivity contribution >= 4 is 11.5 Å². The van der Waals surface area contributed by atoms with Crippen molar-refractivity contribution in [3.63, 3.8) is 0 Å². The molecule has 1 N–H and O–H groups in total. The van der Waals surface area contributed by atoms with Gasteiger partial charge in [-0.15, -0.1) is 5.10 Å². The Morgan fingerprint density at radius 1 is 1.65 bits per heavy atom. The molecule has 0 aliphatic carbocycles. The van der Waals surface area contributed by atoms with E-state index >= 15 is 0 Å². The summed E-state index contributed by atoms with van der Waals surface area (Å²) >= 11 is 1.43. The molecule has 1 aromatic rings. The van der Waals surface area contributed by atoms with E-state index in [1.807, 2.05) is 5.38 Å². The summed E-state index contributed by atoms with van der Waals surface area (Å²) in [5.41, 5.74) is 1.09. The van der Waals surface area contributed by atoms with Crippen LogP contribution in [-0.2, 0) is 4.74 Å². The monoisotopic (exact) mass is 255 g/mol. The van der Waals surface area contributed by atoms with Crippen molar-refractivity contribution in [1.82, 2.24) is 14.9 Å². The van der Waals surface area contributed by atoms with Gasteiger partial charge in [0.25, 0.3) is 0 Å². The van der Waals surface area contributed by atoms with Gasteiger partial charge in [-0.2, -0.15) is 0 Å². The lowest BCUT2D eigenvalue weighted by atomic mass is 10.0. The van der Waals surface area contributed by atoms with Crippen LogP contribution in [0.25, 0.3) is 0 Å². The molecule has 17 heavy (non-hydrogen) atoms. The van der Waals surface area contributed by atoms with Crippen molar-refractivity contribution in [2.24, 2.45) is 0 Å². The van der Waals surface area contributed by atoms with Gasteiger partial charge in [-0.1, -0.05) is 11.4 Å². The van der Waals surface area contributed by atoms with Gasteiger partial charge in [0.05, 0.1) is 17.8 Å². The molecule has 1 aliphatic rings. The zero-order valence-corrected chi connectivity index (χ0v) is 11.2. The van der Waals surface area contributed by atoms with Gasteiger partial charge in [-0.3, -0.25) is 0 Å². The number of ether oxygens (including phenoxy) is 1. The number of nitrogens with zero attached hydrogens (tertiary/aromatic N) is 2. The number of hydrogen-bond donors (Lipinski definition) is 1. The second-order valence-electron chi connectivity index (χ2n) is 4.51. The molecule has 1 saturated heterocycles. The molecule has 1 aromatic heterocycles. The van der Waals surface area contributed by atoms with Gasteiger partial charge in [0.1, 0.15) is 0 Å². The van der Waals surface area contributed by atoms with Crippen LogP contribution >= 0.6 is 11.5 Å². The standard InChI is InChI=1S/C12H21N3OS/c1-2-13-11(12-9-17-15-14-12)7-3-5-10-6-4-8-16-10/h9-11,13H,2-8H2,1H3. The van der Waals surface area contributed by atoms with Crippen LogP contribution in [0.15, 0.2) is 5.38 Å². The summed E-state index contributed by atoms with van der Waals surface area (Å²) in [4.78, 5) is 0. The third kappa shape index (κ3) is 4.01. The van der Waals surface area contributed by atoms with Gasteiger partial charge < -0.3 is 10.1 Å².